The van der Waals surface area contributed by atoms with Gasteiger partial charge in [0.1, 0.15) is 5.69 Å². The average Bonchev–Trinajstić information content (AvgIpc) is 2.53. The predicted molar refractivity (Wildman–Crippen MR) is 47.2 cm³/mol. The summed E-state index contributed by atoms with van der Waals surface area (Å²) in [6, 6.07) is 3.75. The Balaban J connectivity index is 2.58. The molecule has 5 nitrogen and oxygen atoms in total. The van der Waals surface area contributed by atoms with Gasteiger partial charge in [0.05, 0.1) is 0 Å². The maximum Gasteiger partial charge on any atom is 0.340 e. The van der Waals surface area contributed by atoms with Crippen LogP contribution in [0.15, 0.2) is 23.1 Å². The van der Waals surface area contributed by atoms with Crippen molar-refractivity contribution in [1.82, 2.24) is 20.2 Å². The largest absolute Gasteiger partial charge is 0.340 e. The van der Waals surface area contributed by atoms with E-state index in [9.17, 15) is 4.79 Å². The van der Waals surface area contributed by atoms with Gasteiger partial charge >= 0.3 is 5.69 Å². The Morgan fingerprint density at radius 2 is 2.31 bits per heavy atom. The number of pyridine rings is 1. The average molecular weight is 176 g/mol. The summed E-state index contributed by atoms with van der Waals surface area (Å²) in [5, 5.41) is 6.08. The molecule has 0 aliphatic heterocycles. The lowest BCUT2D eigenvalue weighted by molar-refractivity contribution is 1.05. The second-order valence-electron chi connectivity index (χ2n) is 2.70. The van der Waals surface area contributed by atoms with E-state index in [0.29, 0.717) is 11.5 Å². The third-order valence-electron chi connectivity index (χ3n) is 1.73. The first-order valence-electron chi connectivity index (χ1n) is 3.84. The summed E-state index contributed by atoms with van der Waals surface area (Å²) in [5.41, 5.74) is 1.35. The highest BCUT2D eigenvalue weighted by Gasteiger charge is 2.05. The zero-order chi connectivity index (χ0) is 9.26. The van der Waals surface area contributed by atoms with Gasteiger partial charge in [-0.15, -0.1) is 0 Å². The van der Waals surface area contributed by atoms with Crippen LogP contribution in [-0.2, 0) is 0 Å². The highest BCUT2D eigenvalue weighted by atomic mass is 16.1. The summed E-state index contributed by atoms with van der Waals surface area (Å²) in [5.74, 6) is 0.475. The van der Waals surface area contributed by atoms with Gasteiger partial charge in [-0.2, -0.15) is 5.10 Å². The number of nitrogens with zero attached hydrogens (tertiary/aromatic N) is 2. The van der Waals surface area contributed by atoms with Crippen molar-refractivity contribution in [3.63, 3.8) is 0 Å². The summed E-state index contributed by atoms with van der Waals surface area (Å²) in [6.07, 6.45) is 1.66. The van der Waals surface area contributed by atoms with E-state index in [2.05, 4.69) is 20.2 Å². The first-order valence-corrected chi connectivity index (χ1v) is 3.84. The molecule has 13 heavy (non-hydrogen) atoms. The molecule has 2 aromatic heterocycles. The zero-order valence-corrected chi connectivity index (χ0v) is 7.03. The van der Waals surface area contributed by atoms with E-state index in [4.69, 9.17) is 0 Å². The molecule has 0 bridgehead atoms. The fourth-order valence-corrected chi connectivity index (χ4v) is 1.12. The smallest absolute Gasteiger partial charge is 0.288 e. The maximum absolute atomic E-state index is 10.8. The van der Waals surface area contributed by atoms with Crippen LogP contribution >= 0.6 is 0 Å². The van der Waals surface area contributed by atoms with Crippen molar-refractivity contribution in [1.29, 1.82) is 0 Å². The van der Waals surface area contributed by atoms with Crippen LogP contribution in [0.5, 0.6) is 0 Å². The van der Waals surface area contributed by atoms with E-state index in [1.165, 1.54) is 0 Å². The number of aromatic amines is 2. The molecule has 2 aromatic rings. The standard InChI is InChI=1S/C8H8N4O/c1-5-3-2-4-9-6(5)7-10-8(13)12-11-7/h2-4H,1H3,(H2,10,11,12,13). The molecule has 0 aromatic carbocycles. The number of rotatable bonds is 1. The Morgan fingerprint density at radius 1 is 1.46 bits per heavy atom. The number of nitrogens with one attached hydrogen (secondary N) is 2. The second-order valence-corrected chi connectivity index (χ2v) is 2.70. The van der Waals surface area contributed by atoms with Crippen molar-refractivity contribution in [3.8, 4) is 11.5 Å². The number of aryl methyl sites for hydroxylation is 1. The Bertz CT molecular complexity index is 471. The predicted octanol–water partition coefficient (Wildman–Crippen LogP) is 0.468. The summed E-state index contributed by atoms with van der Waals surface area (Å²) in [7, 11) is 0. The van der Waals surface area contributed by atoms with Crippen molar-refractivity contribution in [3.05, 3.63) is 34.4 Å². The van der Waals surface area contributed by atoms with Crippen molar-refractivity contribution >= 4 is 0 Å². The summed E-state index contributed by atoms with van der Waals surface area (Å²) < 4.78 is 0. The van der Waals surface area contributed by atoms with Gasteiger partial charge in [0.15, 0.2) is 5.82 Å². The normalized spacial score (nSPS) is 10.2. The topological polar surface area (TPSA) is 74.4 Å². The van der Waals surface area contributed by atoms with Gasteiger partial charge < -0.3 is 0 Å². The third-order valence-corrected chi connectivity index (χ3v) is 1.73. The molecule has 0 radical (unpaired) electrons. The van der Waals surface area contributed by atoms with Crippen molar-refractivity contribution in [2.24, 2.45) is 0 Å². The molecular weight excluding hydrogens is 168 g/mol. The molecule has 5 heteroatoms. The van der Waals surface area contributed by atoms with E-state index in [0.717, 1.165) is 5.56 Å². The highest BCUT2D eigenvalue weighted by molar-refractivity contribution is 5.52. The van der Waals surface area contributed by atoms with Crippen LogP contribution in [0.2, 0.25) is 0 Å². The molecule has 2 heterocycles. The minimum atomic E-state index is -0.319. The molecule has 2 N–H and O–H groups in total. The summed E-state index contributed by atoms with van der Waals surface area (Å²) in [4.78, 5) is 17.4. The lowest BCUT2D eigenvalue weighted by atomic mass is 10.2. The van der Waals surface area contributed by atoms with Gasteiger partial charge in [-0.25, -0.2) is 9.89 Å². The highest BCUT2D eigenvalue weighted by Crippen LogP contribution is 2.13. The minimum absolute atomic E-state index is 0.319. The molecule has 0 aliphatic carbocycles. The van der Waals surface area contributed by atoms with Gasteiger partial charge in [0.25, 0.3) is 0 Å². The molecule has 0 fully saturated rings. The maximum atomic E-state index is 10.8. The molecule has 0 saturated carbocycles. The van der Waals surface area contributed by atoms with Gasteiger partial charge in [-0.3, -0.25) is 9.97 Å². The van der Waals surface area contributed by atoms with Crippen LogP contribution in [0.1, 0.15) is 5.56 Å². The first kappa shape index (κ1) is 7.72. The SMILES string of the molecule is Cc1cccnc1-c1n[nH]c(=O)[nH]1. The number of hydrogen-bond donors (Lipinski definition) is 2. The molecule has 66 valence electrons. The van der Waals surface area contributed by atoms with E-state index in [-0.39, 0.29) is 5.69 Å². The fourth-order valence-electron chi connectivity index (χ4n) is 1.12. The van der Waals surface area contributed by atoms with E-state index < -0.39 is 0 Å². The number of aromatic nitrogens is 4. The molecular formula is C8H8N4O. The van der Waals surface area contributed by atoms with Gasteiger partial charge in [0, 0.05) is 6.20 Å². The minimum Gasteiger partial charge on any atom is -0.288 e. The van der Waals surface area contributed by atoms with Crippen molar-refractivity contribution < 1.29 is 0 Å². The van der Waals surface area contributed by atoms with Gasteiger partial charge in [-0.05, 0) is 18.6 Å². The molecule has 0 atom stereocenters. The van der Waals surface area contributed by atoms with Gasteiger partial charge in [0.2, 0.25) is 0 Å². The van der Waals surface area contributed by atoms with Crippen molar-refractivity contribution in [2.75, 3.05) is 0 Å². The fraction of sp³-hybridized carbons (Fsp3) is 0.125. The molecule has 0 saturated heterocycles. The second kappa shape index (κ2) is 2.85. The Morgan fingerprint density at radius 3 is 2.92 bits per heavy atom. The summed E-state index contributed by atoms with van der Waals surface area (Å²) in [6.45, 7) is 1.91. The van der Waals surface area contributed by atoms with Crippen LogP contribution in [0.3, 0.4) is 0 Å². The quantitative estimate of drug-likeness (QED) is 0.663. The van der Waals surface area contributed by atoms with Crippen LogP contribution < -0.4 is 5.69 Å². The molecule has 0 spiro atoms. The Kier molecular flexibility index (Phi) is 1.70. The van der Waals surface area contributed by atoms with E-state index >= 15 is 0 Å². The van der Waals surface area contributed by atoms with E-state index in [1.54, 1.807) is 6.20 Å². The van der Waals surface area contributed by atoms with E-state index in [1.807, 2.05) is 19.1 Å². The first-order chi connectivity index (χ1) is 6.27. The number of hydrogen-bond acceptors (Lipinski definition) is 3. The molecule has 0 aliphatic rings. The zero-order valence-electron chi connectivity index (χ0n) is 7.03. The van der Waals surface area contributed by atoms with Crippen LogP contribution in [0.25, 0.3) is 11.5 Å². The molecule has 0 amide bonds. The molecule has 0 unspecified atom stereocenters. The lowest BCUT2D eigenvalue weighted by Crippen LogP contribution is -2.00. The van der Waals surface area contributed by atoms with Crippen LogP contribution in [0.4, 0.5) is 0 Å². The van der Waals surface area contributed by atoms with Gasteiger partial charge in [-0.1, -0.05) is 6.07 Å². The lowest BCUT2D eigenvalue weighted by Gasteiger charge is -1.97. The Labute approximate surface area is 73.9 Å². The van der Waals surface area contributed by atoms with Crippen molar-refractivity contribution in [2.45, 2.75) is 6.92 Å². The monoisotopic (exact) mass is 176 g/mol. The van der Waals surface area contributed by atoms with Crippen LogP contribution in [0, 0.1) is 6.92 Å². The van der Waals surface area contributed by atoms with Crippen LogP contribution in [-0.4, -0.2) is 20.2 Å². The Hall–Kier alpha value is -1.91. The number of H-pyrrole nitrogens is 2. The third kappa shape index (κ3) is 1.35. The molecule has 2 rings (SSSR count). The summed E-state index contributed by atoms with van der Waals surface area (Å²) >= 11 is 0.